The zero-order valence-corrected chi connectivity index (χ0v) is 22.7. The molecule has 192 valence electrons. The van der Waals surface area contributed by atoms with Gasteiger partial charge in [0.25, 0.3) is 5.56 Å². The molecular formula is C30H33ClN4O2. The van der Waals surface area contributed by atoms with Crippen molar-refractivity contribution in [3.8, 4) is 5.69 Å². The maximum absolute atomic E-state index is 13.8. The molecule has 0 radical (unpaired) electrons. The van der Waals surface area contributed by atoms with Crippen molar-refractivity contribution >= 4 is 34.2 Å². The predicted octanol–water partition coefficient (Wildman–Crippen LogP) is 7.30. The lowest BCUT2D eigenvalue weighted by Gasteiger charge is -2.31. The molecule has 0 spiro atoms. The van der Waals surface area contributed by atoms with Crippen LogP contribution in [0.3, 0.4) is 0 Å². The quantitative estimate of drug-likeness (QED) is 0.280. The van der Waals surface area contributed by atoms with Crippen LogP contribution in [0, 0.1) is 19.8 Å². The minimum atomic E-state index is -0.490. The second-order valence-corrected chi connectivity index (χ2v) is 10.3. The van der Waals surface area contributed by atoms with Crippen molar-refractivity contribution in [2.24, 2.45) is 5.92 Å². The monoisotopic (exact) mass is 516 g/mol. The first-order valence-electron chi connectivity index (χ1n) is 12.6. The summed E-state index contributed by atoms with van der Waals surface area (Å²) in [6, 6.07) is 19.6. The van der Waals surface area contributed by atoms with Gasteiger partial charge in [0, 0.05) is 17.3 Å². The number of nitrogens with one attached hydrogen (secondary N) is 1. The number of halogens is 1. The Balaban J connectivity index is 1.84. The van der Waals surface area contributed by atoms with Crippen LogP contribution in [-0.2, 0) is 0 Å². The van der Waals surface area contributed by atoms with Crippen molar-refractivity contribution in [3.63, 3.8) is 0 Å². The van der Waals surface area contributed by atoms with Gasteiger partial charge in [-0.15, -0.1) is 0 Å². The van der Waals surface area contributed by atoms with E-state index in [4.69, 9.17) is 16.6 Å². The molecule has 0 fully saturated rings. The highest BCUT2D eigenvalue weighted by Gasteiger charge is 2.27. The Kier molecular flexibility index (Phi) is 7.98. The molecule has 37 heavy (non-hydrogen) atoms. The molecule has 0 bridgehead atoms. The lowest BCUT2D eigenvalue weighted by atomic mass is 10.1. The molecule has 1 N–H and O–H groups in total. The van der Waals surface area contributed by atoms with E-state index < -0.39 is 6.04 Å². The number of para-hydroxylation sites is 2. The van der Waals surface area contributed by atoms with E-state index >= 15 is 0 Å². The zero-order valence-electron chi connectivity index (χ0n) is 22.0. The molecular weight excluding hydrogens is 484 g/mol. The molecule has 0 aliphatic heterocycles. The number of anilines is 1. The maximum atomic E-state index is 13.8. The molecule has 0 saturated carbocycles. The van der Waals surface area contributed by atoms with E-state index in [-0.39, 0.29) is 11.6 Å². The van der Waals surface area contributed by atoms with Gasteiger partial charge in [-0.1, -0.05) is 55.8 Å². The number of fused-ring (bicyclic) bond motifs is 1. The van der Waals surface area contributed by atoms with Crippen LogP contribution in [0.2, 0.25) is 5.02 Å². The van der Waals surface area contributed by atoms with Gasteiger partial charge in [0.05, 0.1) is 22.6 Å². The fourth-order valence-corrected chi connectivity index (χ4v) is 4.59. The average molecular weight is 517 g/mol. The molecule has 0 aliphatic rings. The van der Waals surface area contributed by atoms with E-state index in [1.165, 1.54) is 0 Å². The SMILES string of the molecule is Cc1cccc(C)c1NC(=O)N(CCC(C)C)C(C)c1nc2ccccc2c(=O)n1-c1ccc(Cl)cc1. The second-order valence-electron chi connectivity index (χ2n) is 9.85. The Labute approximate surface area is 222 Å². The summed E-state index contributed by atoms with van der Waals surface area (Å²) in [5.41, 5.74) is 3.84. The summed E-state index contributed by atoms with van der Waals surface area (Å²) in [5.74, 6) is 0.886. The molecule has 7 heteroatoms. The molecule has 0 saturated heterocycles. The largest absolute Gasteiger partial charge is 0.322 e. The first-order chi connectivity index (χ1) is 17.7. The number of aromatic nitrogens is 2. The third-order valence-electron chi connectivity index (χ3n) is 6.65. The highest BCUT2D eigenvalue weighted by Crippen LogP contribution is 2.27. The number of aryl methyl sites for hydroxylation is 2. The molecule has 1 heterocycles. The van der Waals surface area contributed by atoms with E-state index in [0.717, 1.165) is 23.2 Å². The van der Waals surface area contributed by atoms with Gasteiger partial charge >= 0.3 is 6.03 Å². The van der Waals surface area contributed by atoms with Gasteiger partial charge in [-0.2, -0.15) is 0 Å². The van der Waals surface area contributed by atoms with Crippen LogP contribution >= 0.6 is 11.6 Å². The number of amides is 2. The predicted molar refractivity (Wildman–Crippen MR) is 152 cm³/mol. The number of hydrogen-bond donors (Lipinski definition) is 1. The van der Waals surface area contributed by atoms with E-state index in [2.05, 4.69) is 19.2 Å². The van der Waals surface area contributed by atoms with Crippen LogP contribution in [0.15, 0.2) is 71.5 Å². The van der Waals surface area contributed by atoms with E-state index in [9.17, 15) is 9.59 Å². The molecule has 4 aromatic rings. The molecule has 0 aliphatic carbocycles. The number of hydrogen-bond acceptors (Lipinski definition) is 3. The third kappa shape index (κ3) is 5.70. The summed E-state index contributed by atoms with van der Waals surface area (Å²) in [5, 5.41) is 4.22. The van der Waals surface area contributed by atoms with Crippen LogP contribution < -0.4 is 10.9 Å². The number of urea groups is 1. The van der Waals surface area contributed by atoms with Gasteiger partial charge < -0.3 is 10.2 Å². The van der Waals surface area contributed by atoms with E-state index in [0.29, 0.717) is 39.9 Å². The molecule has 1 aromatic heterocycles. The normalized spacial score (nSPS) is 12.1. The molecule has 6 nitrogen and oxygen atoms in total. The maximum Gasteiger partial charge on any atom is 0.322 e. The van der Waals surface area contributed by atoms with Gasteiger partial charge in [-0.05, 0) is 80.6 Å². The minimum Gasteiger partial charge on any atom is -0.315 e. The van der Waals surface area contributed by atoms with E-state index in [1.54, 1.807) is 39.8 Å². The van der Waals surface area contributed by atoms with Gasteiger partial charge in [-0.25, -0.2) is 9.78 Å². The van der Waals surface area contributed by atoms with Gasteiger partial charge in [0.2, 0.25) is 0 Å². The Morgan fingerprint density at radius 2 is 1.62 bits per heavy atom. The minimum absolute atomic E-state index is 0.186. The van der Waals surface area contributed by atoms with Crippen LogP contribution in [0.25, 0.3) is 16.6 Å². The zero-order chi connectivity index (χ0) is 26.7. The summed E-state index contributed by atoms with van der Waals surface area (Å²) < 4.78 is 1.60. The standard InChI is InChI=1S/C30H33ClN4O2/c1-19(2)17-18-34(30(37)33-27-20(3)9-8-10-21(27)4)22(5)28-32-26-12-7-6-11-25(26)29(36)35(28)24-15-13-23(31)14-16-24/h6-16,19,22H,17-18H2,1-5H3,(H,33,37). The van der Waals surface area contributed by atoms with Crippen molar-refractivity contribution in [1.29, 1.82) is 0 Å². The Hall–Kier alpha value is -3.64. The van der Waals surface area contributed by atoms with Crippen molar-refractivity contribution in [1.82, 2.24) is 14.5 Å². The fraction of sp³-hybridized carbons (Fsp3) is 0.300. The summed E-state index contributed by atoms with van der Waals surface area (Å²) in [6.45, 7) is 10.7. The summed E-state index contributed by atoms with van der Waals surface area (Å²) >= 11 is 6.14. The molecule has 2 amide bonds. The first kappa shape index (κ1) is 26.4. The summed E-state index contributed by atoms with van der Waals surface area (Å²) in [4.78, 5) is 34.2. The van der Waals surface area contributed by atoms with Crippen molar-refractivity contribution in [2.45, 2.75) is 47.1 Å². The van der Waals surface area contributed by atoms with Crippen LogP contribution in [0.5, 0.6) is 0 Å². The van der Waals surface area contributed by atoms with Gasteiger partial charge in [-0.3, -0.25) is 9.36 Å². The topological polar surface area (TPSA) is 67.2 Å². The number of carbonyl (C=O) groups excluding carboxylic acids is 1. The van der Waals surface area contributed by atoms with Crippen molar-refractivity contribution in [2.75, 3.05) is 11.9 Å². The number of nitrogens with zero attached hydrogens (tertiary/aromatic N) is 3. The molecule has 1 atom stereocenters. The Morgan fingerprint density at radius 3 is 2.27 bits per heavy atom. The number of rotatable bonds is 7. The highest BCUT2D eigenvalue weighted by molar-refractivity contribution is 6.30. The van der Waals surface area contributed by atoms with Crippen LogP contribution in [-0.4, -0.2) is 27.0 Å². The lowest BCUT2D eigenvalue weighted by molar-refractivity contribution is 0.185. The highest BCUT2D eigenvalue weighted by atomic mass is 35.5. The van der Waals surface area contributed by atoms with Gasteiger partial charge in [0.1, 0.15) is 5.82 Å². The molecule has 3 aromatic carbocycles. The summed E-state index contributed by atoms with van der Waals surface area (Å²) in [6.07, 6.45) is 0.809. The lowest BCUT2D eigenvalue weighted by Crippen LogP contribution is -2.41. The molecule has 1 unspecified atom stereocenters. The summed E-state index contributed by atoms with van der Waals surface area (Å²) in [7, 11) is 0. The number of carbonyl (C=O) groups is 1. The fourth-order valence-electron chi connectivity index (χ4n) is 4.47. The third-order valence-corrected chi connectivity index (χ3v) is 6.90. The number of benzene rings is 3. The van der Waals surface area contributed by atoms with Crippen LogP contribution in [0.1, 0.15) is 50.2 Å². The van der Waals surface area contributed by atoms with Crippen molar-refractivity contribution < 1.29 is 4.79 Å². The average Bonchev–Trinajstić information content (AvgIpc) is 2.87. The van der Waals surface area contributed by atoms with Crippen molar-refractivity contribution in [3.05, 3.63) is 99.1 Å². The molecule has 4 rings (SSSR count). The van der Waals surface area contributed by atoms with E-state index in [1.807, 2.05) is 57.2 Å². The second kappa shape index (κ2) is 11.2. The van der Waals surface area contributed by atoms with Crippen LogP contribution in [0.4, 0.5) is 10.5 Å². The Morgan fingerprint density at radius 1 is 0.973 bits per heavy atom. The smallest absolute Gasteiger partial charge is 0.315 e. The first-order valence-corrected chi connectivity index (χ1v) is 13.0. The van der Waals surface area contributed by atoms with Gasteiger partial charge in [0.15, 0.2) is 0 Å². The Bertz CT molecular complexity index is 1460.